The summed E-state index contributed by atoms with van der Waals surface area (Å²) in [5, 5.41) is 7.11. The molecule has 1 aromatic carbocycles. The molecule has 9 heteroatoms. The molecular formula is C21H28F3N5O. The molecule has 0 bridgehead atoms. The minimum atomic E-state index is -4.34. The summed E-state index contributed by atoms with van der Waals surface area (Å²) in [6.45, 7) is 1.03. The van der Waals surface area contributed by atoms with Gasteiger partial charge in [0.1, 0.15) is 5.82 Å². The first-order valence-corrected chi connectivity index (χ1v) is 10.2. The largest absolute Gasteiger partial charge is 0.392 e. The van der Waals surface area contributed by atoms with E-state index in [1.165, 1.54) is 0 Å². The molecule has 6 nitrogen and oxygen atoms in total. The Morgan fingerprint density at radius 2 is 1.77 bits per heavy atom. The number of carbonyl (C=O) groups excluding carboxylic acids is 1. The van der Waals surface area contributed by atoms with Crippen LogP contribution in [0.15, 0.2) is 24.3 Å². The zero-order valence-corrected chi connectivity index (χ0v) is 17.5. The summed E-state index contributed by atoms with van der Waals surface area (Å²) < 4.78 is 37.9. The van der Waals surface area contributed by atoms with E-state index in [0.29, 0.717) is 18.8 Å². The van der Waals surface area contributed by atoms with Gasteiger partial charge in [0.15, 0.2) is 0 Å². The molecule has 1 aliphatic carbocycles. The average molecular weight is 423 g/mol. The van der Waals surface area contributed by atoms with Crippen molar-refractivity contribution in [3.8, 4) is 0 Å². The highest BCUT2D eigenvalue weighted by Gasteiger charge is 2.37. The topological polar surface area (TPSA) is 70.2 Å². The van der Waals surface area contributed by atoms with Gasteiger partial charge in [-0.25, -0.2) is 4.98 Å². The van der Waals surface area contributed by atoms with Crippen LogP contribution < -0.4 is 15.5 Å². The molecule has 3 rings (SSSR count). The van der Waals surface area contributed by atoms with Gasteiger partial charge in [0.05, 0.1) is 11.4 Å². The first kappa shape index (κ1) is 22.1. The maximum Gasteiger partial charge on any atom is 0.392 e. The number of hydrogen-bond acceptors (Lipinski definition) is 5. The van der Waals surface area contributed by atoms with Gasteiger partial charge in [-0.15, -0.1) is 0 Å². The summed E-state index contributed by atoms with van der Waals surface area (Å²) in [5.41, 5.74) is 0.860. The van der Waals surface area contributed by atoms with Crippen LogP contribution in [-0.4, -0.2) is 48.2 Å². The van der Waals surface area contributed by atoms with Crippen molar-refractivity contribution in [3.63, 3.8) is 0 Å². The number of hydrogen-bond donors (Lipinski definition) is 2. The normalized spacial score (nSPS) is 20.6. The van der Waals surface area contributed by atoms with Gasteiger partial charge < -0.3 is 15.5 Å². The first-order chi connectivity index (χ1) is 14.1. The number of para-hydroxylation sites is 1. The van der Waals surface area contributed by atoms with Crippen LogP contribution in [0.1, 0.15) is 39.0 Å². The zero-order valence-electron chi connectivity index (χ0n) is 17.5. The molecule has 0 radical (unpaired) electrons. The number of aromatic nitrogens is 2. The highest BCUT2D eigenvalue weighted by Crippen LogP contribution is 2.29. The van der Waals surface area contributed by atoms with Crippen LogP contribution in [0.4, 0.5) is 24.9 Å². The summed E-state index contributed by atoms with van der Waals surface area (Å²) in [4.78, 5) is 23.1. The smallest absolute Gasteiger partial charge is 0.362 e. The Labute approximate surface area is 174 Å². The van der Waals surface area contributed by atoms with Crippen molar-refractivity contribution < 1.29 is 18.0 Å². The summed E-state index contributed by atoms with van der Waals surface area (Å²) >= 11 is 0. The number of anilines is 2. The summed E-state index contributed by atoms with van der Waals surface area (Å²) in [5.74, 6) is -0.775. The Kier molecular flexibility index (Phi) is 6.67. The van der Waals surface area contributed by atoms with Gasteiger partial charge in [-0.05, 0) is 37.8 Å². The summed E-state index contributed by atoms with van der Waals surface area (Å²) in [6, 6.07) is 7.89. The van der Waals surface area contributed by atoms with Gasteiger partial charge >= 0.3 is 6.18 Å². The van der Waals surface area contributed by atoms with Crippen molar-refractivity contribution in [2.45, 2.75) is 57.3 Å². The van der Waals surface area contributed by atoms with Gasteiger partial charge in [0.25, 0.3) is 0 Å². The molecule has 1 unspecified atom stereocenters. The highest BCUT2D eigenvalue weighted by molar-refractivity contribution is 5.90. The second-order valence-electron chi connectivity index (χ2n) is 8.19. The number of fused-ring (bicyclic) bond motifs is 1. The Morgan fingerprint density at radius 3 is 2.40 bits per heavy atom. The second kappa shape index (κ2) is 9.06. The third-order valence-corrected chi connectivity index (χ3v) is 5.48. The van der Waals surface area contributed by atoms with Crippen LogP contribution in [0.3, 0.4) is 0 Å². The Hall–Kier alpha value is -2.58. The predicted molar refractivity (Wildman–Crippen MR) is 112 cm³/mol. The minimum absolute atomic E-state index is 0.0918. The number of halogens is 3. The molecule has 164 valence electrons. The number of rotatable bonds is 6. The van der Waals surface area contributed by atoms with E-state index in [1.54, 1.807) is 0 Å². The maximum absolute atomic E-state index is 12.6. The third-order valence-electron chi connectivity index (χ3n) is 5.48. The highest BCUT2D eigenvalue weighted by atomic mass is 19.4. The fourth-order valence-corrected chi connectivity index (χ4v) is 3.71. The van der Waals surface area contributed by atoms with Crippen molar-refractivity contribution >= 4 is 28.6 Å². The number of carbonyl (C=O) groups is 1. The molecule has 1 aliphatic rings. The second-order valence-corrected chi connectivity index (χ2v) is 8.19. The monoisotopic (exact) mass is 423 g/mol. The fourth-order valence-electron chi connectivity index (χ4n) is 3.71. The molecule has 1 heterocycles. The average Bonchev–Trinajstić information content (AvgIpc) is 2.68. The lowest BCUT2D eigenvalue weighted by atomic mass is 9.91. The number of alkyl halides is 3. The lowest BCUT2D eigenvalue weighted by Crippen LogP contribution is -2.41. The van der Waals surface area contributed by atoms with Crippen molar-refractivity contribution in [1.82, 2.24) is 15.3 Å². The van der Waals surface area contributed by atoms with Gasteiger partial charge in [0, 0.05) is 38.0 Å². The van der Waals surface area contributed by atoms with Gasteiger partial charge in [-0.1, -0.05) is 19.1 Å². The van der Waals surface area contributed by atoms with Crippen molar-refractivity contribution in [1.29, 1.82) is 0 Å². The molecule has 0 saturated heterocycles. The van der Waals surface area contributed by atoms with E-state index < -0.39 is 24.4 Å². The molecule has 1 fully saturated rings. The van der Waals surface area contributed by atoms with E-state index in [2.05, 4.69) is 20.6 Å². The van der Waals surface area contributed by atoms with Gasteiger partial charge in [0.2, 0.25) is 11.9 Å². The quantitative estimate of drug-likeness (QED) is 0.731. The molecule has 0 spiro atoms. The Morgan fingerprint density at radius 1 is 1.13 bits per heavy atom. The van der Waals surface area contributed by atoms with E-state index >= 15 is 0 Å². The van der Waals surface area contributed by atoms with Crippen molar-refractivity contribution in [2.75, 3.05) is 24.3 Å². The van der Waals surface area contributed by atoms with Crippen LogP contribution in [0.5, 0.6) is 0 Å². The standard InChI is InChI=1S/C21H28F3N5O/c1-13(21(22,23)24)12-18(30)25-14-8-10-15(11-9-14)26-20-27-17-7-5-4-6-16(17)19(28-20)29(2)3/h4-7,13-15H,8-12H2,1-3H3,(H,25,30)(H,26,27,28). The Bertz CT molecular complexity index is 879. The SMILES string of the molecule is CC(CC(=O)NC1CCC(Nc2nc(N(C)C)c3ccccc3n2)CC1)C(F)(F)F. The van der Waals surface area contributed by atoms with E-state index in [-0.39, 0.29) is 12.1 Å². The molecular weight excluding hydrogens is 395 g/mol. The zero-order chi connectivity index (χ0) is 21.9. The number of benzene rings is 1. The van der Waals surface area contributed by atoms with E-state index in [1.807, 2.05) is 43.3 Å². The Balaban J connectivity index is 1.55. The fraction of sp³-hybridized carbons (Fsp3) is 0.571. The molecule has 2 aromatic rings. The maximum atomic E-state index is 12.6. The van der Waals surface area contributed by atoms with E-state index in [9.17, 15) is 18.0 Å². The molecule has 2 N–H and O–H groups in total. The minimum Gasteiger partial charge on any atom is -0.362 e. The van der Waals surface area contributed by atoms with Crippen LogP contribution in [-0.2, 0) is 4.79 Å². The first-order valence-electron chi connectivity index (χ1n) is 10.2. The number of nitrogens with zero attached hydrogens (tertiary/aromatic N) is 3. The van der Waals surface area contributed by atoms with Crippen molar-refractivity contribution in [3.05, 3.63) is 24.3 Å². The van der Waals surface area contributed by atoms with E-state index in [0.717, 1.165) is 36.5 Å². The van der Waals surface area contributed by atoms with E-state index in [4.69, 9.17) is 0 Å². The molecule has 0 aliphatic heterocycles. The molecule has 30 heavy (non-hydrogen) atoms. The summed E-state index contributed by atoms with van der Waals surface area (Å²) in [6.07, 6.45) is -1.89. The van der Waals surface area contributed by atoms with Crippen molar-refractivity contribution in [2.24, 2.45) is 5.92 Å². The molecule has 1 saturated carbocycles. The number of nitrogens with one attached hydrogen (secondary N) is 2. The third kappa shape index (κ3) is 5.52. The summed E-state index contributed by atoms with van der Waals surface area (Å²) in [7, 11) is 3.87. The van der Waals surface area contributed by atoms with Gasteiger partial charge in [-0.2, -0.15) is 18.2 Å². The molecule has 1 amide bonds. The molecule has 1 aromatic heterocycles. The molecule has 1 atom stereocenters. The van der Waals surface area contributed by atoms with Crippen LogP contribution in [0, 0.1) is 5.92 Å². The van der Waals surface area contributed by atoms with Crippen LogP contribution in [0.2, 0.25) is 0 Å². The van der Waals surface area contributed by atoms with Gasteiger partial charge in [-0.3, -0.25) is 4.79 Å². The van der Waals surface area contributed by atoms with Crippen LogP contribution in [0.25, 0.3) is 10.9 Å². The number of amides is 1. The lowest BCUT2D eigenvalue weighted by molar-refractivity contribution is -0.174. The van der Waals surface area contributed by atoms with Crippen LogP contribution >= 0.6 is 0 Å². The lowest BCUT2D eigenvalue weighted by Gasteiger charge is -2.30. The predicted octanol–water partition coefficient (Wildman–Crippen LogP) is 4.12.